The topological polar surface area (TPSA) is 96.0 Å². The first-order valence-electron chi connectivity index (χ1n) is 5.56. The van der Waals surface area contributed by atoms with E-state index < -0.39 is 26.7 Å². The van der Waals surface area contributed by atoms with Crippen LogP contribution in [0.1, 0.15) is 0 Å². The van der Waals surface area contributed by atoms with Gasteiger partial charge in [-0.1, -0.05) is 0 Å². The van der Waals surface area contributed by atoms with Gasteiger partial charge in [-0.2, -0.15) is 0 Å². The van der Waals surface area contributed by atoms with E-state index in [4.69, 9.17) is 0 Å². The first kappa shape index (κ1) is 15.6. The SMILES string of the molecule is O=[Se](=O)(Oc1ccccc1)O[Se](=O)(=O)Oc1ccccc1. The molecule has 0 radical (unpaired) electrons. The van der Waals surface area contributed by atoms with Crippen LogP contribution >= 0.6 is 0 Å². The van der Waals surface area contributed by atoms with Crippen molar-refractivity contribution < 1.29 is 25.9 Å². The molecule has 0 aliphatic carbocycles. The van der Waals surface area contributed by atoms with Crippen molar-refractivity contribution in [1.82, 2.24) is 0 Å². The standard InChI is InChI=1S/C12H10O7Se2/c13-20(14,17-11-7-3-1-4-8-11)19-21(15,16)18-12-9-5-2-6-10-12/h1-10H. The Hall–Kier alpha value is -1.76. The summed E-state index contributed by atoms with van der Waals surface area (Å²) in [5, 5.41) is 0. The molecule has 0 saturated carbocycles. The Morgan fingerprint density at radius 1 is 0.571 bits per heavy atom. The molecule has 0 atom stereocenters. The van der Waals surface area contributed by atoms with Crippen LogP contribution < -0.4 is 7.64 Å². The summed E-state index contributed by atoms with van der Waals surface area (Å²) >= 11 is -11.2. The van der Waals surface area contributed by atoms with E-state index >= 15 is 0 Å². The van der Waals surface area contributed by atoms with Crippen LogP contribution in [-0.4, -0.2) is 26.7 Å². The Balaban J connectivity index is 2.09. The molecule has 0 aliphatic heterocycles. The third-order valence-electron chi connectivity index (χ3n) is 2.05. The second-order valence-electron chi connectivity index (χ2n) is 3.68. The third-order valence-corrected chi connectivity index (χ3v) is 8.05. The summed E-state index contributed by atoms with van der Waals surface area (Å²) in [6.07, 6.45) is 0. The molecule has 2 rings (SSSR count). The average molecular weight is 424 g/mol. The molecule has 21 heavy (non-hydrogen) atoms. The number of hydrogen-bond acceptors (Lipinski definition) is 7. The number of benzene rings is 2. The molecule has 0 bridgehead atoms. The molecule has 0 spiro atoms. The van der Waals surface area contributed by atoms with E-state index in [0.29, 0.717) is 0 Å². The van der Waals surface area contributed by atoms with Gasteiger partial charge in [0.1, 0.15) is 0 Å². The normalized spacial score (nSPS) is 11.8. The minimum atomic E-state index is -5.61. The first-order valence-corrected chi connectivity index (χ1v) is 11.2. The molecular weight excluding hydrogens is 414 g/mol. The fourth-order valence-corrected chi connectivity index (χ4v) is 6.15. The van der Waals surface area contributed by atoms with E-state index in [9.17, 15) is 15.3 Å². The van der Waals surface area contributed by atoms with Gasteiger partial charge in [0.15, 0.2) is 0 Å². The maximum absolute atomic E-state index is 11.6. The molecule has 0 aliphatic rings. The van der Waals surface area contributed by atoms with Crippen molar-refractivity contribution >= 4 is 26.7 Å². The van der Waals surface area contributed by atoms with Gasteiger partial charge in [-0.05, 0) is 0 Å². The summed E-state index contributed by atoms with van der Waals surface area (Å²) in [5.74, 6) is -0.0926. The summed E-state index contributed by atoms with van der Waals surface area (Å²) in [6, 6.07) is 14.8. The monoisotopic (exact) mass is 426 g/mol. The Kier molecular flexibility index (Phi) is 4.72. The molecule has 0 N–H and O–H groups in total. The second-order valence-corrected chi connectivity index (χ2v) is 9.57. The van der Waals surface area contributed by atoms with E-state index in [0.717, 1.165) is 0 Å². The van der Waals surface area contributed by atoms with Crippen LogP contribution in [-0.2, 0) is 18.2 Å². The number of hydrogen-bond donors (Lipinski definition) is 0. The zero-order valence-corrected chi connectivity index (χ0v) is 13.9. The molecule has 0 saturated heterocycles. The van der Waals surface area contributed by atoms with Crippen LogP contribution in [0.3, 0.4) is 0 Å². The van der Waals surface area contributed by atoms with Crippen molar-refractivity contribution in [3.63, 3.8) is 0 Å². The van der Waals surface area contributed by atoms with E-state index in [1.807, 2.05) is 0 Å². The van der Waals surface area contributed by atoms with E-state index in [1.165, 1.54) is 48.5 Å². The molecule has 7 nitrogen and oxygen atoms in total. The minimum absolute atomic E-state index is 0.0463. The van der Waals surface area contributed by atoms with Crippen molar-refractivity contribution in [3.05, 3.63) is 60.7 Å². The third kappa shape index (κ3) is 5.26. The predicted octanol–water partition coefficient (Wildman–Crippen LogP) is 1.75. The van der Waals surface area contributed by atoms with Gasteiger partial charge < -0.3 is 0 Å². The quantitative estimate of drug-likeness (QED) is 0.653. The molecule has 2 aromatic carbocycles. The molecule has 0 heterocycles. The number of rotatable bonds is 6. The van der Waals surface area contributed by atoms with Gasteiger partial charge in [-0.3, -0.25) is 0 Å². The van der Waals surface area contributed by atoms with Gasteiger partial charge in [-0.15, -0.1) is 0 Å². The van der Waals surface area contributed by atoms with Gasteiger partial charge >= 0.3 is 125 Å². The van der Waals surface area contributed by atoms with Gasteiger partial charge in [0, 0.05) is 0 Å². The summed E-state index contributed by atoms with van der Waals surface area (Å²) in [5.41, 5.74) is 0. The van der Waals surface area contributed by atoms with E-state index in [2.05, 4.69) is 10.5 Å². The Bertz CT molecular complexity index is 715. The summed E-state index contributed by atoms with van der Waals surface area (Å²) in [4.78, 5) is 0. The molecule has 0 fully saturated rings. The van der Waals surface area contributed by atoms with Crippen LogP contribution in [0, 0.1) is 0 Å². The maximum atomic E-state index is 11.6. The average Bonchev–Trinajstić information content (AvgIpc) is 2.38. The summed E-state index contributed by atoms with van der Waals surface area (Å²) in [6.45, 7) is 0. The Labute approximate surface area is 125 Å². The van der Waals surface area contributed by atoms with Crippen LogP contribution in [0.25, 0.3) is 0 Å². The Morgan fingerprint density at radius 2 is 0.905 bits per heavy atom. The van der Waals surface area contributed by atoms with Crippen LogP contribution in [0.5, 0.6) is 11.5 Å². The van der Waals surface area contributed by atoms with Crippen molar-refractivity contribution in [3.8, 4) is 11.5 Å². The fourth-order valence-electron chi connectivity index (χ4n) is 1.32. The summed E-state index contributed by atoms with van der Waals surface area (Å²) < 4.78 is 59.6. The van der Waals surface area contributed by atoms with Gasteiger partial charge in [0.05, 0.1) is 0 Å². The van der Waals surface area contributed by atoms with Gasteiger partial charge in [0.25, 0.3) is 0 Å². The van der Waals surface area contributed by atoms with Gasteiger partial charge in [-0.25, -0.2) is 0 Å². The van der Waals surface area contributed by atoms with Gasteiger partial charge in [0.2, 0.25) is 0 Å². The zero-order chi connectivity index (χ0) is 15.3. The Morgan fingerprint density at radius 3 is 1.24 bits per heavy atom. The predicted molar refractivity (Wildman–Crippen MR) is 69.5 cm³/mol. The number of para-hydroxylation sites is 2. The zero-order valence-electron chi connectivity index (χ0n) is 10.4. The van der Waals surface area contributed by atoms with Crippen LogP contribution in [0.2, 0.25) is 0 Å². The molecule has 112 valence electrons. The molecular formula is C12H10O7Se2. The first-order chi connectivity index (χ1) is 9.86. The van der Waals surface area contributed by atoms with Crippen molar-refractivity contribution in [2.75, 3.05) is 0 Å². The van der Waals surface area contributed by atoms with E-state index in [-0.39, 0.29) is 11.5 Å². The molecule has 0 unspecified atom stereocenters. The van der Waals surface area contributed by atoms with Crippen molar-refractivity contribution in [2.24, 2.45) is 0 Å². The van der Waals surface area contributed by atoms with Crippen molar-refractivity contribution in [1.29, 1.82) is 0 Å². The molecule has 9 heteroatoms. The molecule has 0 aromatic heterocycles. The van der Waals surface area contributed by atoms with E-state index in [1.54, 1.807) is 12.1 Å². The van der Waals surface area contributed by atoms with Crippen LogP contribution in [0.4, 0.5) is 0 Å². The second kappa shape index (κ2) is 6.34. The molecule has 0 amide bonds. The fraction of sp³-hybridized carbons (Fsp3) is 0. The van der Waals surface area contributed by atoms with Crippen LogP contribution in [0.15, 0.2) is 60.7 Å². The molecule has 2 aromatic rings. The van der Waals surface area contributed by atoms with Crippen molar-refractivity contribution in [2.45, 2.75) is 0 Å². The summed E-state index contributed by atoms with van der Waals surface area (Å²) in [7, 11) is 0.